The van der Waals surface area contributed by atoms with Crippen LogP contribution in [0.5, 0.6) is 0 Å². The number of aromatic nitrogens is 4. The molecule has 0 radical (unpaired) electrons. The monoisotopic (exact) mass is 273 g/mol. The van der Waals surface area contributed by atoms with Crippen molar-refractivity contribution in [3.05, 3.63) is 41.6 Å². The molecule has 2 N–H and O–H groups in total. The Balaban J connectivity index is 1.86. The minimum absolute atomic E-state index is 0.456. The number of hydrogen-bond donors (Lipinski definition) is 1. The van der Waals surface area contributed by atoms with Crippen LogP contribution in [-0.4, -0.2) is 20.1 Å². The van der Waals surface area contributed by atoms with Crippen molar-refractivity contribution >= 4 is 16.5 Å². The molecule has 0 fully saturated rings. The number of pyridine rings is 1. The summed E-state index contributed by atoms with van der Waals surface area (Å²) in [4.78, 5) is 13.5. The minimum Gasteiger partial charge on any atom is -0.375 e. The van der Waals surface area contributed by atoms with Crippen LogP contribution in [0.1, 0.15) is 17.2 Å². The Hall–Kier alpha value is -2.28. The lowest BCUT2D eigenvalue weighted by Crippen LogP contribution is -1.93. The van der Waals surface area contributed by atoms with E-state index in [9.17, 15) is 0 Å². The first-order valence-corrected chi connectivity index (χ1v) is 6.50. The molecule has 0 amide bonds. The van der Waals surface area contributed by atoms with Gasteiger partial charge in [0.1, 0.15) is 4.88 Å². The van der Waals surface area contributed by atoms with E-state index in [2.05, 4.69) is 20.1 Å². The molecule has 19 heavy (non-hydrogen) atoms. The highest BCUT2D eigenvalue weighted by molar-refractivity contribution is 7.18. The Bertz CT molecular complexity index is 691. The number of aryl methyl sites for hydroxylation is 1. The molecule has 3 aromatic rings. The maximum atomic E-state index is 5.65. The van der Waals surface area contributed by atoms with Crippen LogP contribution in [0.15, 0.2) is 28.9 Å². The van der Waals surface area contributed by atoms with Crippen LogP contribution in [0.2, 0.25) is 0 Å². The predicted molar refractivity (Wildman–Crippen MR) is 71.6 cm³/mol. The largest absolute Gasteiger partial charge is 0.375 e. The summed E-state index contributed by atoms with van der Waals surface area (Å²) < 4.78 is 5.24. The third-order valence-corrected chi connectivity index (χ3v) is 3.52. The van der Waals surface area contributed by atoms with Crippen molar-refractivity contribution in [3.8, 4) is 10.8 Å². The molecule has 7 heteroatoms. The Labute approximate surface area is 113 Å². The first-order valence-electron chi connectivity index (χ1n) is 5.68. The van der Waals surface area contributed by atoms with E-state index in [1.165, 1.54) is 11.3 Å². The van der Waals surface area contributed by atoms with Gasteiger partial charge in [0.05, 0.1) is 12.1 Å². The molecule has 0 aromatic carbocycles. The summed E-state index contributed by atoms with van der Waals surface area (Å²) in [5, 5.41) is 4.45. The second-order valence-electron chi connectivity index (χ2n) is 3.98. The molecule has 96 valence electrons. The highest BCUT2D eigenvalue weighted by Crippen LogP contribution is 2.29. The van der Waals surface area contributed by atoms with Crippen LogP contribution >= 0.6 is 11.3 Å². The van der Waals surface area contributed by atoms with Crippen molar-refractivity contribution in [1.29, 1.82) is 0 Å². The van der Waals surface area contributed by atoms with Gasteiger partial charge in [-0.05, 0) is 19.1 Å². The molecule has 3 aromatic heterocycles. The van der Waals surface area contributed by atoms with Gasteiger partial charge < -0.3 is 10.3 Å². The fraction of sp³-hybridized carbons (Fsp3) is 0.167. The summed E-state index contributed by atoms with van der Waals surface area (Å²) in [7, 11) is 0. The lowest BCUT2D eigenvalue weighted by Gasteiger charge is -1.93. The second-order valence-corrected chi connectivity index (χ2v) is 5.01. The SMILES string of the molecule is Cc1nc(N)sc1-c1nc(Cc2ccccn2)no1. The summed E-state index contributed by atoms with van der Waals surface area (Å²) in [6, 6.07) is 5.72. The van der Waals surface area contributed by atoms with E-state index in [1.807, 2.05) is 25.1 Å². The summed E-state index contributed by atoms with van der Waals surface area (Å²) >= 11 is 1.34. The fourth-order valence-corrected chi connectivity index (χ4v) is 2.45. The molecule has 0 saturated carbocycles. The zero-order valence-electron chi connectivity index (χ0n) is 10.2. The molecule has 6 nitrogen and oxygen atoms in total. The van der Waals surface area contributed by atoms with Crippen molar-refractivity contribution in [2.45, 2.75) is 13.3 Å². The lowest BCUT2D eigenvalue weighted by atomic mass is 10.2. The number of hydrogen-bond acceptors (Lipinski definition) is 7. The Kier molecular flexibility index (Phi) is 2.96. The van der Waals surface area contributed by atoms with Gasteiger partial charge in [0, 0.05) is 11.9 Å². The number of thiazole rings is 1. The maximum Gasteiger partial charge on any atom is 0.270 e. The van der Waals surface area contributed by atoms with Gasteiger partial charge in [-0.15, -0.1) is 0 Å². The predicted octanol–water partition coefficient (Wildman–Crippen LogP) is 2.07. The van der Waals surface area contributed by atoms with E-state index in [0.717, 1.165) is 16.3 Å². The number of anilines is 1. The van der Waals surface area contributed by atoms with Crippen LogP contribution in [0.25, 0.3) is 10.8 Å². The van der Waals surface area contributed by atoms with E-state index < -0.39 is 0 Å². The average Bonchev–Trinajstić information content (AvgIpc) is 2.97. The molecule has 0 spiro atoms. The van der Waals surface area contributed by atoms with Crippen molar-refractivity contribution in [3.63, 3.8) is 0 Å². The van der Waals surface area contributed by atoms with Crippen molar-refractivity contribution in [1.82, 2.24) is 20.1 Å². The lowest BCUT2D eigenvalue weighted by molar-refractivity contribution is 0.424. The first kappa shape index (κ1) is 11.8. The van der Waals surface area contributed by atoms with E-state index >= 15 is 0 Å². The minimum atomic E-state index is 0.456. The Morgan fingerprint density at radius 3 is 2.89 bits per heavy atom. The fourth-order valence-electron chi connectivity index (χ4n) is 1.70. The topological polar surface area (TPSA) is 90.7 Å². The second kappa shape index (κ2) is 4.77. The highest BCUT2D eigenvalue weighted by atomic mass is 32.1. The van der Waals surface area contributed by atoms with Gasteiger partial charge in [-0.1, -0.05) is 22.6 Å². The van der Waals surface area contributed by atoms with Crippen molar-refractivity contribution in [2.24, 2.45) is 0 Å². The standard InChI is InChI=1S/C12H11N5OS/c1-7-10(19-12(13)15-7)11-16-9(17-18-11)6-8-4-2-3-5-14-8/h2-5H,6H2,1H3,(H2,13,15). The third kappa shape index (κ3) is 2.45. The van der Waals surface area contributed by atoms with Gasteiger partial charge in [0.2, 0.25) is 0 Å². The molecular weight excluding hydrogens is 262 g/mol. The molecule has 0 unspecified atom stereocenters. The number of rotatable bonds is 3. The van der Waals surface area contributed by atoms with Crippen LogP contribution in [0, 0.1) is 6.92 Å². The van der Waals surface area contributed by atoms with Crippen molar-refractivity contribution < 1.29 is 4.52 Å². The van der Waals surface area contributed by atoms with Crippen LogP contribution in [0.4, 0.5) is 5.13 Å². The molecule has 0 aliphatic heterocycles. The van der Waals surface area contributed by atoms with Gasteiger partial charge in [-0.25, -0.2) is 4.98 Å². The van der Waals surface area contributed by atoms with Gasteiger partial charge >= 0.3 is 0 Å². The zero-order chi connectivity index (χ0) is 13.2. The summed E-state index contributed by atoms with van der Waals surface area (Å²) in [6.07, 6.45) is 2.28. The molecule has 0 bridgehead atoms. The summed E-state index contributed by atoms with van der Waals surface area (Å²) in [6.45, 7) is 1.87. The number of nitrogens with zero attached hydrogens (tertiary/aromatic N) is 4. The molecule has 0 aliphatic rings. The van der Waals surface area contributed by atoms with Crippen LogP contribution < -0.4 is 5.73 Å². The normalized spacial score (nSPS) is 10.8. The zero-order valence-corrected chi connectivity index (χ0v) is 11.0. The molecule has 0 aliphatic carbocycles. The molecule has 0 atom stereocenters. The smallest absolute Gasteiger partial charge is 0.270 e. The maximum absolute atomic E-state index is 5.65. The van der Waals surface area contributed by atoms with Gasteiger partial charge in [-0.3, -0.25) is 4.98 Å². The quantitative estimate of drug-likeness (QED) is 0.785. The van der Waals surface area contributed by atoms with Gasteiger partial charge in [-0.2, -0.15) is 4.98 Å². The van der Waals surface area contributed by atoms with Crippen molar-refractivity contribution in [2.75, 3.05) is 5.73 Å². The van der Waals surface area contributed by atoms with Gasteiger partial charge in [0.15, 0.2) is 11.0 Å². The van der Waals surface area contributed by atoms with Crippen LogP contribution in [-0.2, 0) is 6.42 Å². The molecule has 3 heterocycles. The summed E-state index contributed by atoms with van der Waals surface area (Å²) in [5.74, 6) is 1.05. The van der Waals surface area contributed by atoms with E-state index in [-0.39, 0.29) is 0 Å². The number of nitrogen functional groups attached to an aromatic ring is 1. The van der Waals surface area contributed by atoms with E-state index in [4.69, 9.17) is 10.3 Å². The van der Waals surface area contributed by atoms with Gasteiger partial charge in [0.25, 0.3) is 5.89 Å². The molecule has 3 rings (SSSR count). The highest BCUT2D eigenvalue weighted by Gasteiger charge is 2.15. The molecule has 0 saturated heterocycles. The van der Waals surface area contributed by atoms with Crippen LogP contribution in [0.3, 0.4) is 0 Å². The average molecular weight is 273 g/mol. The Morgan fingerprint density at radius 1 is 1.32 bits per heavy atom. The van der Waals surface area contributed by atoms with E-state index in [0.29, 0.717) is 23.3 Å². The Morgan fingerprint density at radius 2 is 2.21 bits per heavy atom. The third-order valence-electron chi connectivity index (χ3n) is 2.54. The van der Waals surface area contributed by atoms with E-state index in [1.54, 1.807) is 6.20 Å². The molecular formula is C12H11N5OS. The first-order chi connectivity index (χ1) is 9.22. The summed E-state index contributed by atoms with van der Waals surface area (Å²) in [5.41, 5.74) is 7.35. The number of nitrogens with two attached hydrogens (primary N) is 1.